The third kappa shape index (κ3) is 0.816. The molecule has 4 fully saturated rings. The molecule has 1 aliphatic heterocycles. The van der Waals surface area contributed by atoms with Crippen molar-refractivity contribution in [2.24, 2.45) is 17.3 Å². The molecule has 1 heterocycles. The van der Waals surface area contributed by atoms with Crippen LogP contribution < -0.4 is 0 Å². The molecule has 2 nitrogen and oxygen atoms in total. The van der Waals surface area contributed by atoms with Crippen LogP contribution in [0.25, 0.3) is 0 Å². The van der Waals surface area contributed by atoms with Crippen LogP contribution >= 0.6 is 0 Å². The van der Waals surface area contributed by atoms with Gasteiger partial charge in [-0.3, -0.25) is 0 Å². The quantitative estimate of drug-likeness (QED) is 0.657. The summed E-state index contributed by atoms with van der Waals surface area (Å²) in [7, 11) is 0. The van der Waals surface area contributed by atoms with E-state index in [4.69, 9.17) is 9.84 Å². The van der Waals surface area contributed by atoms with Crippen LogP contribution in [0.4, 0.5) is 0 Å². The molecule has 13 heavy (non-hydrogen) atoms. The SMILES string of the molecule is CC1(C)[C@@H]2C[C@H]1C1OC1(CCO)C2. The van der Waals surface area contributed by atoms with E-state index in [-0.39, 0.29) is 12.2 Å². The summed E-state index contributed by atoms with van der Waals surface area (Å²) in [6.45, 7) is 5.03. The molecule has 4 atom stereocenters. The van der Waals surface area contributed by atoms with Crippen LogP contribution in [0.5, 0.6) is 0 Å². The monoisotopic (exact) mass is 182 g/mol. The van der Waals surface area contributed by atoms with Crippen LogP contribution in [0.1, 0.15) is 33.1 Å². The molecule has 0 aromatic carbocycles. The average Bonchev–Trinajstić information content (AvgIpc) is 2.78. The summed E-state index contributed by atoms with van der Waals surface area (Å²) in [6.07, 6.45) is 3.91. The van der Waals surface area contributed by atoms with Gasteiger partial charge in [0, 0.05) is 13.0 Å². The lowest BCUT2D eigenvalue weighted by molar-refractivity contribution is -0.0637. The van der Waals surface area contributed by atoms with Crippen LogP contribution in [-0.2, 0) is 4.74 Å². The Balaban J connectivity index is 1.80. The lowest BCUT2D eigenvalue weighted by Crippen LogP contribution is -2.55. The Hall–Kier alpha value is -0.0800. The summed E-state index contributed by atoms with van der Waals surface area (Å²) in [5.41, 5.74) is 0.637. The Kier molecular flexibility index (Phi) is 1.34. The van der Waals surface area contributed by atoms with Crippen LogP contribution in [0.2, 0.25) is 0 Å². The summed E-state index contributed by atoms with van der Waals surface area (Å²) >= 11 is 0. The zero-order valence-corrected chi connectivity index (χ0v) is 8.42. The summed E-state index contributed by atoms with van der Waals surface area (Å²) in [4.78, 5) is 0. The predicted molar refractivity (Wildman–Crippen MR) is 49.3 cm³/mol. The van der Waals surface area contributed by atoms with Crippen LogP contribution in [0, 0.1) is 17.3 Å². The minimum absolute atomic E-state index is 0.123. The highest BCUT2D eigenvalue weighted by atomic mass is 16.6. The smallest absolute Gasteiger partial charge is 0.0976 e. The fourth-order valence-electron chi connectivity index (χ4n) is 3.66. The van der Waals surface area contributed by atoms with Gasteiger partial charge in [0.15, 0.2) is 0 Å². The molecule has 0 radical (unpaired) electrons. The van der Waals surface area contributed by atoms with Crippen molar-refractivity contribution < 1.29 is 9.84 Å². The lowest BCUT2D eigenvalue weighted by Gasteiger charge is -2.56. The van der Waals surface area contributed by atoms with Crippen molar-refractivity contribution in [2.75, 3.05) is 6.61 Å². The third-order valence-corrected chi connectivity index (χ3v) is 4.86. The molecule has 4 aliphatic rings. The Labute approximate surface area is 79.3 Å². The molecule has 2 heteroatoms. The van der Waals surface area contributed by atoms with Gasteiger partial charge in [-0.1, -0.05) is 13.8 Å². The number of aliphatic hydroxyl groups is 1. The largest absolute Gasteiger partial charge is 0.396 e. The maximum Gasteiger partial charge on any atom is 0.0976 e. The second kappa shape index (κ2) is 2.12. The van der Waals surface area contributed by atoms with E-state index in [0.29, 0.717) is 11.5 Å². The lowest BCUT2D eigenvalue weighted by atomic mass is 9.46. The Morgan fingerprint density at radius 2 is 2.23 bits per heavy atom. The standard InChI is InChI=1S/C11H18O2/c1-10(2)7-5-8(10)9-11(6-7,13-9)3-4-12/h7-9,12H,3-6H2,1-2H3/t7-,8+,9?,11?/m1/s1. The normalized spacial score (nSPS) is 55.2. The molecule has 4 rings (SSSR count). The average molecular weight is 182 g/mol. The van der Waals surface area contributed by atoms with Gasteiger partial charge in [-0.05, 0) is 30.1 Å². The molecule has 1 saturated heterocycles. The maximum atomic E-state index is 8.96. The molecule has 0 spiro atoms. The second-order valence-electron chi connectivity index (χ2n) is 5.64. The van der Waals surface area contributed by atoms with Crippen LogP contribution in [0.3, 0.4) is 0 Å². The molecule has 74 valence electrons. The molecule has 2 bridgehead atoms. The van der Waals surface area contributed by atoms with E-state index in [0.717, 1.165) is 18.3 Å². The number of hydrogen-bond donors (Lipinski definition) is 1. The van der Waals surface area contributed by atoms with Gasteiger partial charge >= 0.3 is 0 Å². The topological polar surface area (TPSA) is 32.8 Å². The Morgan fingerprint density at radius 3 is 2.77 bits per heavy atom. The van der Waals surface area contributed by atoms with E-state index in [1.807, 2.05) is 0 Å². The summed E-state index contributed by atoms with van der Waals surface area (Å²) < 4.78 is 5.84. The highest BCUT2D eigenvalue weighted by Gasteiger charge is 2.72. The fraction of sp³-hybridized carbons (Fsp3) is 1.00. The first-order valence-electron chi connectivity index (χ1n) is 5.39. The van der Waals surface area contributed by atoms with Gasteiger partial charge in [0.05, 0.1) is 11.7 Å². The van der Waals surface area contributed by atoms with Gasteiger partial charge in [0.25, 0.3) is 0 Å². The third-order valence-electron chi connectivity index (χ3n) is 4.86. The zero-order chi connectivity index (χ0) is 9.27. The van der Waals surface area contributed by atoms with Gasteiger partial charge in [-0.15, -0.1) is 0 Å². The first kappa shape index (κ1) is 8.25. The first-order valence-corrected chi connectivity index (χ1v) is 5.39. The van der Waals surface area contributed by atoms with Gasteiger partial charge in [-0.2, -0.15) is 0 Å². The highest BCUT2D eigenvalue weighted by Crippen LogP contribution is 2.70. The number of aliphatic hydroxyl groups excluding tert-OH is 1. The molecule has 2 unspecified atom stereocenters. The van der Waals surface area contributed by atoms with Crippen molar-refractivity contribution in [1.82, 2.24) is 0 Å². The Bertz CT molecular complexity index is 248. The summed E-state index contributed by atoms with van der Waals surface area (Å²) in [5.74, 6) is 1.63. The van der Waals surface area contributed by atoms with Gasteiger partial charge < -0.3 is 9.84 Å². The number of epoxide rings is 1. The minimum Gasteiger partial charge on any atom is -0.396 e. The van der Waals surface area contributed by atoms with Crippen LogP contribution in [-0.4, -0.2) is 23.4 Å². The molecule has 0 amide bonds. The number of ether oxygens (including phenoxy) is 1. The number of hydrogen-bond acceptors (Lipinski definition) is 2. The van der Waals surface area contributed by atoms with Gasteiger partial charge in [0.2, 0.25) is 0 Å². The molecular formula is C11H18O2. The zero-order valence-electron chi connectivity index (χ0n) is 8.42. The Morgan fingerprint density at radius 1 is 1.46 bits per heavy atom. The van der Waals surface area contributed by atoms with E-state index < -0.39 is 0 Å². The van der Waals surface area contributed by atoms with E-state index in [9.17, 15) is 0 Å². The summed E-state index contributed by atoms with van der Waals surface area (Å²) in [6, 6.07) is 0. The first-order chi connectivity index (χ1) is 6.10. The van der Waals surface area contributed by atoms with Crippen molar-refractivity contribution in [3.8, 4) is 0 Å². The van der Waals surface area contributed by atoms with Crippen molar-refractivity contribution >= 4 is 0 Å². The van der Waals surface area contributed by atoms with Gasteiger partial charge in [0.1, 0.15) is 0 Å². The van der Waals surface area contributed by atoms with E-state index in [1.54, 1.807) is 0 Å². The maximum absolute atomic E-state index is 8.96. The minimum atomic E-state index is 0.123. The predicted octanol–water partition coefficient (Wildman–Crippen LogP) is 1.57. The molecule has 3 saturated carbocycles. The molecule has 1 N–H and O–H groups in total. The van der Waals surface area contributed by atoms with Crippen molar-refractivity contribution in [2.45, 2.75) is 44.8 Å². The number of rotatable bonds is 2. The van der Waals surface area contributed by atoms with Crippen molar-refractivity contribution in [1.29, 1.82) is 0 Å². The van der Waals surface area contributed by atoms with E-state index in [1.165, 1.54) is 12.8 Å². The fourth-order valence-corrected chi connectivity index (χ4v) is 3.66. The molecule has 0 aromatic rings. The second-order valence-corrected chi connectivity index (χ2v) is 5.64. The summed E-state index contributed by atoms with van der Waals surface area (Å²) in [5, 5.41) is 8.96. The molecule has 3 aliphatic carbocycles. The molecule has 0 aromatic heterocycles. The molecular weight excluding hydrogens is 164 g/mol. The van der Waals surface area contributed by atoms with Gasteiger partial charge in [-0.25, -0.2) is 0 Å². The van der Waals surface area contributed by atoms with Crippen molar-refractivity contribution in [3.63, 3.8) is 0 Å². The van der Waals surface area contributed by atoms with E-state index >= 15 is 0 Å². The van der Waals surface area contributed by atoms with Crippen LogP contribution in [0.15, 0.2) is 0 Å². The highest BCUT2D eigenvalue weighted by molar-refractivity contribution is 5.20. The van der Waals surface area contributed by atoms with Crippen molar-refractivity contribution in [3.05, 3.63) is 0 Å². The van der Waals surface area contributed by atoms with E-state index in [2.05, 4.69) is 13.8 Å².